The fourth-order valence-electron chi connectivity index (χ4n) is 2.42. The molecule has 1 aliphatic rings. The van der Waals surface area contributed by atoms with Gasteiger partial charge in [0.2, 0.25) is 5.95 Å². The number of halogens is 1. The molecule has 19 heavy (non-hydrogen) atoms. The molecule has 5 nitrogen and oxygen atoms in total. The molecule has 100 valence electrons. The fourth-order valence-corrected chi connectivity index (χ4v) is 2.42. The molecule has 0 saturated carbocycles. The second kappa shape index (κ2) is 4.62. The molecule has 1 saturated heterocycles. The van der Waals surface area contributed by atoms with Gasteiger partial charge < -0.3 is 9.80 Å². The zero-order chi connectivity index (χ0) is 13.4. The van der Waals surface area contributed by atoms with Crippen LogP contribution in [0.15, 0.2) is 18.2 Å². The van der Waals surface area contributed by atoms with Crippen LogP contribution >= 0.6 is 0 Å². The molecule has 0 spiro atoms. The Morgan fingerprint density at radius 3 is 2.68 bits per heavy atom. The number of pyridine rings is 1. The molecule has 0 radical (unpaired) electrons. The summed E-state index contributed by atoms with van der Waals surface area (Å²) in [5.41, 5.74) is 0.331. The molecule has 0 N–H and O–H groups in total. The quantitative estimate of drug-likeness (QED) is 0.758. The lowest BCUT2D eigenvalue weighted by Crippen LogP contribution is -2.45. The monoisotopic (exact) mass is 262 g/mol. The molecular weight excluding hydrogens is 247 g/mol. The van der Waals surface area contributed by atoms with E-state index in [0.717, 1.165) is 32.0 Å². The van der Waals surface area contributed by atoms with Gasteiger partial charge in [-0.25, -0.2) is 4.98 Å². The van der Waals surface area contributed by atoms with Crippen LogP contribution in [-0.2, 0) is 0 Å². The van der Waals surface area contributed by atoms with E-state index in [1.54, 1.807) is 6.07 Å². The summed E-state index contributed by atoms with van der Waals surface area (Å²) >= 11 is 0. The van der Waals surface area contributed by atoms with Gasteiger partial charge in [0.15, 0.2) is 12.0 Å². The molecular formula is C13H15FN4O. The van der Waals surface area contributed by atoms with Gasteiger partial charge in [-0.15, -0.1) is 0 Å². The normalized spacial score (nSPS) is 17.1. The average Bonchev–Trinajstić information content (AvgIpc) is 2.76. The van der Waals surface area contributed by atoms with E-state index in [4.69, 9.17) is 0 Å². The third-order valence-electron chi connectivity index (χ3n) is 3.53. The number of anilines is 1. The Kier molecular flexibility index (Phi) is 2.94. The number of carbonyl (C=O) groups is 1. The van der Waals surface area contributed by atoms with Crippen molar-refractivity contribution in [3.8, 4) is 0 Å². The standard InChI is InChI=1S/C13H15FN4O/c1-16-5-7-17(8-6-16)12-4-2-3-11-15-10(9-19)13(14)18(11)12/h2-4,9H,5-8H2,1H3. The van der Waals surface area contributed by atoms with Crippen molar-refractivity contribution < 1.29 is 9.18 Å². The number of imidazole rings is 1. The number of likely N-dealkylation sites (N-methyl/N-ethyl adjacent to an activating group) is 1. The lowest BCUT2D eigenvalue weighted by atomic mass is 10.3. The Hall–Kier alpha value is -1.95. The van der Waals surface area contributed by atoms with E-state index in [0.29, 0.717) is 11.9 Å². The highest BCUT2D eigenvalue weighted by molar-refractivity contribution is 5.74. The summed E-state index contributed by atoms with van der Waals surface area (Å²) in [4.78, 5) is 19.1. The lowest BCUT2D eigenvalue weighted by molar-refractivity contribution is 0.111. The molecule has 2 aromatic rings. The fraction of sp³-hybridized carbons (Fsp3) is 0.385. The summed E-state index contributed by atoms with van der Waals surface area (Å²) in [5, 5.41) is 0. The molecule has 0 bridgehead atoms. The first-order valence-corrected chi connectivity index (χ1v) is 6.26. The van der Waals surface area contributed by atoms with Crippen LogP contribution in [-0.4, -0.2) is 53.8 Å². The van der Waals surface area contributed by atoms with Crippen LogP contribution in [0.5, 0.6) is 0 Å². The maximum absolute atomic E-state index is 14.2. The van der Waals surface area contributed by atoms with Gasteiger partial charge >= 0.3 is 0 Å². The van der Waals surface area contributed by atoms with Crippen molar-refractivity contribution in [3.05, 3.63) is 29.8 Å². The summed E-state index contributed by atoms with van der Waals surface area (Å²) in [6, 6.07) is 5.40. The van der Waals surface area contributed by atoms with Crippen molar-refractivity contribution >= 4 is 17.8 Å². The number of nitrogens with zero attached hydrogens (tertiary/aromatic N) is 4. The number of fused-ring (bicyclic) bond motifs is 1. The Bertz CT molecular complexity index is 616. The minimum absolute atomic E-state index is 0.137. The minimum atomic E-state index is -0.584. The van der Waals surface area contributed by atoms with Crippen molar-refractivity contribution in [2.24, 2.45) is 0 Å². The maximum Gasteiger partial charge on any atom is 0.230 e. The highest BCUT2D eigenvalue weighted by Crippen LogP contribution is 2.21. The third kappa shape index (κ3) is 1.98. The minimum Gasteiger partial charge on any atom is -0.355 e. The van der Waals surface area contributed by atoms with Crippen LogP contribution in [0.2, 0.25) is 0 Å². The van der Waals surface area contributed by atoms with Crippen LogP contribution in [0, 0.1) is 5.95 Å². The van der Waals surface area contributed by atoms with Gasteiger partial charge in [-0.1, -0.05) is 6.07 Å². The SMILES string of the molecule is CN1CCN(c2cccc3nc(C=O)c(F)n23)CC1. The summed E-state index contributed by atoms with van der Waals surface area (Å²) in [6.45, 7) is 3.55. The van der Waals surface area contributed by atoms with Crippen LogP contribution in [0.4, 0.5) is 10.2 Å². The topological polar surface area (TPSA) is 40.8 Å². The zero-order valence-electron chi connectivity index (χ0n) is 10.7. The lowest BCUT2D eigenvalue weighted by Gasteiger charge is -2.34. The Morgan fingerprint density at radius 1 is 1.26 bits per heavy atom. The average molecular weight is 262 g/mol. The molecule has 1 aliphatic heterocycles. The van der Waals surface area contributed by atoms with Gasteiger partial charge in [0.25, 0.3) is 0 Å². The molecule has 0 aromatic carbocycles. The van der Waals surface area contributed by atoms with Crippen molar-refractivity contribution in [3.63, 3.8) is 0 Å². The number of carbonyl (C=O) groups excluding carboxylic acids is 1. The number of hydrogen-bond donors (Lipinski definition) is 0. The highest BCUT2D eigenvalue weighted by atomic mass is 19.1. The van der Waals surface area contributed by atoms with Gasteiger partial charge in [0.05, 0.1) is 0 Å². The van der Waals surface area contributed by atoms with Gasteiger partial charge in [0.1, 0.15) is 11.5 Å². The predicted molar refractivity (Wildman–Crippen MR) is 70.2 cm³/mol. The summed E-state index contributed by atoms with van der Waals surface area (Å²) in [7, 11) is 2.07. The smallest absolute Gasteiger partial charge is 0.230 e. The van der Waals surface area contributed by atoms with Gasteiger partial charge in [0, 0.05) is 26.2 Å². The first-order chi connectivity index (χ1) is 9.20. The van der Waals surface area contributed by atoms with E-state index < -0.39 is 5.95 Å². The van der Waals surface area contributed by atoms with Crippen molar-refractivity contribution in [1.82, 2.24) is 14.3 Å². The summed E-state index contributed by atoms with van der Waals surface area (Å²) in [5.74, 6) is 0.170. The Labute approximate surface area is 110 Å². The molecule has 3 heterocycles. The number of hydrogen-bond acceptors (Lipinski definition) is 4. The number of aldehydes is 1. The van der Waals surface area contributed by atoms with Gasteiger partial charge in [-0.05, 0) is 19.2 Å². The largest absolute Gasteiger partial charge is 0.355 e. The molecule has 0 aliphatic carbocycles. The van der Waals surface area contributed by atoms with Crippen LogP contribution in [0.3, 0.4) is 0 Å². The van der Waals surface area contributed by atoms with E-state index in [-0.39, 0.29) is 5.69 Å². The summed E-state index contributed by atoms with van der Waals surface area (Å²) in [6.07, 6.45) is 0.454. The molecule has 0 amide bonds. The Balaban J connectivity index is 2.08. The van der Waals surface area contributed by atoms with Crippen molar-refractivity contribution in [2.45, 2.75) is 0 Å². The van der Waals surface area contributed by atoms with Crippen LogP contribution in [0.25, 0.3) is 5.65 Å². The van der Waals surface area contributed by atoms with Crippen molar-refractivity contribution in [1.29, 1.82) is 0 Å². The number of aromatic nitrogens is 2. The predicted octanol–water partition coefficient (Wildman–Crippen LogP) is 1.04. The van der Waals surface area contributed by atoms with Crippen molar-refractivity contribution in [2.75, 3.05) is 38.1 Å². The third-order valence-corrected chi connectivity index (χ3v) is 3.53. The maximum atomic E-state index is 14.2. The zero-order valence-corrected chi connectivity index (χ0v) is 10.7. The van der Waals surface area contributed by atoms with E-state index in [2.05, 4.69) is 21.8 Å². The molecule has 2 aromatic heterocycles. The van der Waals surface area contributed by atoms with Crippen LogP contribution in [0.1, 0.15) is 10.5 Å². The van der Waals surface area contributed by atoms with E-state index in [9.17, 15) is 9.18 Å². The van der Waals surface area contributed by atoms with Gasteiger partial charge in [-0.2, -0.15) is 4.39 Å². The molecule has 3 rings (SSSR count). The number of rotatable bonds is 2. The second-order valence-corrected chi connectivity index (χ2v) is 4.77. The van der Waals surface area contributed by atoms with Crippen LogP contribution < -0.4 is 4.90 Å². The van der Waals surface area contributed by atoms with E-state index >= 15 is 0 Å². The molecule has 6 heteroatoms. The molecule has 0 unspecified atom stereocenters. The Morgan fingerprint density at radius 2 is 2.00 bits per heavy atom. The second-order valence-electron chi connectivity index (χ2n) is 4.77. The molecule has 1 fully saturated rings. The summed E-state index contributed by atoms with van der Waals surface area (Å²) < 4.78 is 15.6. The first-order valence-electron chi connectivity index (χ1n) is 6.26. The first kappa shape index (κ1) is 12.1. The number of piperazine rings is 1. The van der Waals surface area contributed by atoms with Gasteiger partial charge in [-0.3, -0.25) is 9.20 Å². The molecule has 0 atom stereocenters. The highest BCUT2D eigenvalue weighted by Gasteiger charge is 2.20. The van der Waals surface area contributed by atoms with E-state index in [1.807, 2.05) is 12.1 Å². The van der Waals surface area contributed by atoms with E-state index in [1.165, 1.54) is 4.40 Å².